The van der Waals surface area contributed by atoms with E-state index in [1.807, 2.05) is 37.4 Å². The maximum Gasteiger partial charge on any atom is 0.279 e. The fraction of sp³-hybridized carbons (Fsp3) is 0.333. The molecule has 2 aromatic carbocycles. The van der Waals surface area contributed by atoms with Gasteiger partial charge in [0.25, 0.3) is 5.91 Å². The number of carbonyl (C=O) groups excluding carboxylic acids is 1. The molecule has 3 rings (SSSR count). The summed E-state index contributed by atoms with van der Waals surface area (Å²) in [6.45, 7) is 8.14. The summed E-state index contributed by atoms with van der Waals surface area (Å²) in [5.41, 5.74) is 4.18. The summed E-state index contributed by atoms with van der Waals surface area (Å²) in [7, 11) is 0. The van der Waals surface area contributed by atoms with Crippen molar-refractivity contribution in [1.29, 1.82) is 0 Å². The number of carbonyl (C=O) groups is 1. The first kappa shape index (κ1) is 19.9. The molecule has 0 aliphatic carbocycles. The van der Waals surface area contributed by atoms with E-state index in [1.54, 1.807) is 23.1 Å². The molecule has 4 nitrogen and oxygen atoms in total. The van der Waals surface area contributed by atoms with Crippen molar-refractivity contribution in [3.8, 4) is 0 Å². The van der Waals surface area contributed by atoms with Gasteiger partial charge in [-0.2, -0.15) is 4.99 Å². The molecule has 0 N–H and O–H groups in total. The third-order valence-corrected chi connectivity index (χ3v) is 6.28. The molecule has 0 fully saturated rings. The van der Waals surface area contributed by atoms with Crippen LogP contribution in [0.15, 0.2) is 46.3 Å². The van der Waals surface area contributed by atoms with Gasteiger partial charge in [-0.3, -0.25) is 4.79 Å². The van der Waals surface area contributed by atoms with E-state index in [9.17, 15) is 4.79 Å². The average molecular weight is 401 g/mol. The van der Waals surface area contributed by atoms with Crippen LogP contribution in [-0.4, -0.2) is 29.9 Å². The highest BCUT2D eigenvalue weighted by atomic mass is 32.2. The van der Waals surface area contributed by atoms with Crippen LogP contribution in [-0.2, 0) is 11.3 Å². The van der Waals surface area contributed by atoms with Crippen molar-refractivity contribution in [2.45, 2.75) is 32.2 Å². The molecule has 27 heavy (non-hydrogen) atoms. The summed E-state index contributed by atoms with van der Waals surface area (Å²) in [6, 6.07) is 11.9. The van der Waals surface area contributed by atoms with Crippen molar-refractivity contribution in [1.82, 2.24) is 4.57 Å². The highest BCUT2D eigenvalue weighted by Gasteiger charge is 2.11. The van der Waals surface area contributed by atoms with Crippen LogP contribution in [0.4, 0.5) is 0 Å². The fourth-order valence-electron chi connectivity index (χ4n) is 2.81. The molecule has 0 spiro atoms. The van der Waals surface area contributed by atoms with Gasteiger partial charge in [0.05, 0.1) is 16.8 Å². The normalized spacial score (nSPS) is 12.1. The summed E-state index contributed by atoms with van der Waals surface area (Å²) in [5.74, 6) is -0.215. The van der Waals surface area contributed by atoms with E-state index in [0.717, 1.165) is 15.1 Å². The standard InChI is InChI=1S/C21H24N2O2S2/c1-5-25-11-10-23-18-12-14(2)15(3)13-19(18)27-21(23)22-20(24)16-6-8-17(26-4)9-7-16/h6-9,12-13H,5,10-11H2,1-4H3. The number of thioether (sulfide) groups is 1. The maximum atomic E-state index is 12.7. The molecule has 142 valence electrons. The highest BCUT2D eigenvalue weighted by Crippen LogP contribution is 2.22. The van der Waals surface area contributed by atoms with Crippen molar-refractivity contribution in [3.63, 3.8) is 0 Å². The molecule has 0 saturated heterocycles. The quantitative estimate of drug-likeness (QED) is 0.440. The Kier molecular flexibility index (Phi) is 6.52. The van der Waals surface area contributed by atoms with E-state index in [2.05, 4.69) is 35.5 Å². The minimum atomic E-state index is -0.215. The SMILES string of the molecule is CCOCCn1c(=NC(=O)c2ccc(SC)cc2)sc2cc(C)c(C)cc21. The molecule has 0 atom stereocenters. The first-order valence-electron chi connectivity index (χ1n) is 8.95. The lowest BCUT2D eigenvalue weighted by atomic mass is 10.1. The third-order valence-electron chi connectivity index (χ3n) is 4.50. The topological polar surface area (TPSA) is 43.6 Å². The van der Waals surface area contributed by atoms with E-state index in [0.29, 0.717) is 30.1 Å². The first-order chi connectivity index (χ1) is 13.0. The smallest absolute Gasteiger partial charge is 0.279 e. The zero-order valence-electron chi connectivity index (χ0n) is 16.1. The van der Waals surface area contributed by atoms with Crippen LogP contribution in [0.1, 0.15) is 28.4 Å². The van der Waals surface area contributed by atoms with Crippen LogP contribution < -0.4 is 4.80 Å². The van der Waals surface area contributed by atoms with Crippen molar-refractivity contribution < 1.29 is 9.53 Å². The van der Waals surface area contributed by atoms with Crippen LogP contribution in [0.3, 0.4) is 0 Å². The molecule has 3 aromatic rings. The maximum absolute atomic E-state index is 12.7. The lowest BCUT2D eigenvalue weighted by molar-refractivity contribution is 0.0996. The van der Waals surface area contributed by atoms with Crippen molar-refractivity contribution in [3.05, 3.63) is 57.9 Å². The van der Waals surface area contributed by atoms with E-state index in [1.165, 1.54) is 11.1 Å². The Hall–Kier alpha value is -1.89. The number of fused-ring (bicyclic) bond motifs is 1. The van der Waals surface area contributed by atoms with Gasteiger partial charge in [0.1, 0.15) is 0 Å². The Labute approximate surface area is 167 Å². The average Bonchev–Trinajstić information content (AvgIpc) is 2.98. The molecule has 1 amide bonds. The Morgan fingerprint density at radius 1 is 1.19 bits per heavy atom. The number of hydrogen-bond donors (Lipinski definition) is 0. The molecule has 1 aromatic heterocycles. The van der Waals surface area contributed by atoms with Gasteiger partial charge in [0.2, 0.25) is 0 Å². The molecular weight excluding hydrogens is 376 g/mol. The second-order valence-corrected chi connectivity index (χ2v) is 8.17. The van der Waals surface area contributed by atoms with Crippen molar-refractivity contribution in [2.75, 3.05) is 19.5 Å². The molecule has 0 saturated carbocycles. The van der Waals surface area contributed by atoms with Gasteiger partial charge in [0, 0.05) is 23.6 Å². The minimum Gasteiger partial charge on any atom is -0.380 e. The molecule has 0 aliphatic rings. The summed E-state index contributed by atoms with van der Waals surface area (Å²) >= 11 is 3.21. The van der Waals surface area contributed by atoms with Gasteiger partial charge in [-0.15, -0.1) is 11.8 Å². The number of benzene rings is 2. The van der Waals surface area contributed by atoms with E-state index >= 15 is 0 Å². The number of nitrogens with zero attached hydrogens (tertiary/aromatic N) is 2. The van der Waals surface area contributed by atoms with E-state index in [4.69, 9.17) is 4.74 Å². The fourth-order valence-corrected chi connectivity index (χ4v) is 4.35. The monoisotopic (exact) mass is 400 g/mol. The molecule has 0 bridgehead atoms. The zero-order chi connectivity index (χ0) is 19.4. The predicted octanol–water partition coefficient (Wildman–Crippen LogP) is 4.82. The number of rotatable bonds is 6. The number of thiazole rings is 1. The molecule has 0 aliphatic heterocycles. The largest absolute Gasteiger partial charge is 0.380 e. The molecule has 0 unspecified atom stereocenters. The Bertz CT molecular complexity index is 1020. The zero-order valence-corrected chi connectivity index (χ0v) is 17.7. The van der Waals surface area contributed by atoms with Crippen LogP contribution in [0.25, 0.3) is 10.2 Å². The summed E-state index contributed by atoms with van der Waals surface area (Å²) in [6.07, 6.45) is 2.02. The van der Waals surface area contributed by atoms with Gasteiger partial charge in [0.15, 0.2) is 4.80 Å². The van der Waals surface area contributed by atoms with Crippen LogP contribution in [0, 0.1) is 13.8 Å². The second kappa shape index (κ2) is 8.87. The molecule has 1 heterocycles. The van der Waals surface area contributed by atoms with Gasteiger partial charge < -0.3 is 9.30 Å². The lowest BCUT2D eigenvalue weighted by Crippen LogP contribution is -2.19. The van der Waals surface area contributed by atoms with Crippen LogP contribution in [0.5, 0.6) is 0 Å². The minimum absolute atomic E-state index is 0.215. The molecule has 6 heteroatoms. The Morgan fingerprint density at radius 2 is 1.89 bits per heavy atom. The number of hydrogen-bond acceptors (Lipinski definition) is 4. The van der Waals surface area contributed by atoms with Gasteiger partial charge in [-0.25, -0.2) is 0 Å². The highest BCUT2D eigenvalue weighted by molar-refractivity contribution is 7.98. The van der Waals surface area contributed by atoms with Crippen LogP contribution in [0.2, 0.25) is 0 Å². The Balaban J connectivity index is 2.05. The second-order valence-electron chi connectivity index (χ2n) is 6.28. The van der Waals surface area contributed by atoms with Gasteiger partial charge >= 0.3 is 0 Å². The van der Waals surface area contributed by atoms with Gasteiger partial charge in [-0.1, -0.05) is 11.3 Å². The van der Waals surface area contributed by atoms with Crippen LogP contribution >= 0.6 is 23.1 Å². The molecular formula is C21H24N2O2S2. The lowest BCUT2D eigenvalue weighted by Gasteiger charge is -2.07. The predicted molar refractivity (Wildman–Crippen MR) is 114 cm³/mol. The molecule has 0 radical (unpaired) electrons. The van der Waals surface area contributed by atoms with Crippen molar-refractivity contribution in [2.24, 2.45) is 4.99 Å². The van der Waals surface area contributed by atoms with E-state index < -0.39 is 0 Å². The first-order valence-corrected chi connectivity index (χ1v) is 11.0. The number of amides is 1. The summed E-state index contributed by atoms with van der Waals surface area (Å²) < 4.78 is 8.77. The van der Waals surface area contributed by atoms with Gasteiger partial charge in [-0.05, 0) is 74.6 Å². The third kappa shape index (κ3) is 4.51. The summed E-state index contributed by atoms with van der Waals surface area (Å²) in [4.78, 5) is 19.0. The number of aromatic nitrogens is 1. The number of ether oxygens (including phenoxy) is 1. The van der Waals surface area contributed by atoms with Crippen molar-refractivity contribution >= 4 is 39.2 Å². The van der Waals surface area contributed by atoms with E-state index in [-0.39, 0.29) is 5.91 Å². The number of aryl methyl sites for hydroxylation is 2. The Morgan fingerprint density at radius 3 is 2.56 bits per heavy atom. The summed E-state index contributed by atoms with van der Waals surface area (Å²) in [5, 5.41) is 0.